The molecule has 22 heavy (non-hydrogen) atoms. The molecular weight excluding hydrogens is 268 g/mol. The van der Waals surface area contributed by atoms with Crippen molar-refractivity contribution < 1.29 is 0 Å². The number of hydrogen-bond acceptors (Lipinski definition) is 2. The molecule has 1 aromatic rings. The molecule has 0 unspecified atom stereocenters. The van der Waals surface area contributed by atoms with Crippen molar-refractivity contribution in [1.29, 1.82) is 0 Å². The van der Waals surface area contributed by atoms with Crippen molar-refractivity contribution in [2.45, 2.75) is 45.6 Å². The smallest absolute Gasteiger partial charge is 0.0385 e. The van der Waals surface area contributed by atoms with E-state index in [2.05, 4.69) is 54.6 Å². The zero-order valence-corrected chi connectivity index (χ0v) is 13.8. The third kappa shape index (κ3) is 3.27. The van der Waals surface area contributed by atoms with Crippen LogP contribution in [0.2, 0.25) is 0 Å². The number of anilines is 1. The summed E-state index contributed by atoms with van der Waals surface area (Å²) in [6, 6.07) is 8.79. The number of hydrogen-bond donors (Lipinski definition) is 1. The van der Waals surface area contributed by atoms with Crippen molar-refractivity contribution in [3.63, 3.8) is 0 Å². The molecule has 2 nitrogen and oxygen atoms in total. The third-order valence-electron chi connectivity index (χ3n) is 5.22. The fraction of sp³-hybridized carbons (Fsp3) is 0.500. The van der Waals surface area contributed by atoms with Gasteiger partial charge < -0.3 is 5.32 Å². The van der Waals surface area contributed by atoms with Gasteiger partial charge in [-0.3, -0.25) is 4.90 Å². The van der Waals surface area contributed by atoms with Gasteiger partial charge in [0.1, 0.15) is 0 Å². The highest BCUT2D eigenvalue weighted by Crippen LogP contribution is 2.56. The van der Waals surface area contributed by atoms with Gasteiger partial charge in [0.15, 0.2) is 0 Å². The maximum atomic E-state index is 4.27. The predicted molar refractivity (Wildman–Crippen MR) is 94.8 cm³/mol. The first kappa shape index (κ1) is 15.4. The summed E-state index contributed by atoms with van der Waals surface area (Å²) in [7, 11) is 0. The lowest BCUT2D eigenvalue weighted by Gasteiger charge is -2.26. The lowest BCUT2D eigenvalue weighted by molar-refractivity contribution is 0.221. The van der Waals surface area contributed by atoms with Gasteiger partial charge in [-0.05, 0) is 63.4 Å². The van der Waals surface area contributed by atoms with Gasteiger partial charge in [-0.15, -0.1) is 0 Å². The Morgan fingerprint density at radius 2 is 1.91 bits per heavy atom. The molecule has 0 spiro atoms. The van der Waals surface area contributed by atoms with Gasteiger partial charge in [-0.1, -0.05) is 37.3 Å². The van der Waals surface area contributed by atoms with Crippen molar-refractivity contribution in [3.8, 4) is 0 Å². The van der Waals surface area contributed by atoms with Crippen molar-refractivity contribution in [2.24, 2.45) is 5.41 Å². The summed E-state index contributed by atoms with van der Waals surface area (Å²) < 4.78 is 0. The molecule has 1 N–H and O–H groups in total. The lowest BCUT2D eigenvalue weighted by atomic mass is 9.95. The summed E-state index contributed by atoms with van der Waals surface area (Å²) in [5.74, 6) is 0. The highest BCUT2D eigenvalue weighted by atomic mass is 15.1. The molecule has 1 aliphatic heterocycles. The van der Waals surface area contributed by atoms with Crippen LogP contribution in [0.1, 0.15) is 44.6 Å². The van der Waals surface area contributed by atoms with E-state index in [4.69, 9.17) is 0 Å². The van der Waals surface area contributed by atoms with Crippen LogP contribution in [0.25, 0.3) is 0 Å². The van der Waals surface area contributed by atoms with Crippen LogP contribution in [0.15, 0.2) is 48.7 Å². The Kier molecular flexibility index (Phi) is 4.39. The van der Waals surface area contributed by atoms with Crippen LogP contribution in [0.5, 0.6) is 0 Å². The van der Waals surface area contributed by atoms with Crippen molar-refractivity contribution >= 4 is 5.69 Å². The normalized spacial score (nSPS) is 20.4. The number of likely N-dealkylation sites (tertiary alicyclic amines) is 1. The Bertz CT molecular complexity index is 563. The molecule has 1 aromatic carbocycles. The van der Waals surface area contributed by atoms with Gasteiger partial charge in [0, 0.05) is 23.3 Å². The maximum absolute atomic E-state index is 4.27. The quantitative estimate of drug-likeness (QED) is 0.747. The molecule has 0 bridgehead atoms. The summed E-state index contributed by atoms with van der Waals surface area (Å²) >= 11 is 0. The molecule has 1 heterocycles. The van der Waals surface area contributed by atoms with E-state index in [9.17, 15) is 0 Å². The molecule has 0 radical (unpaired) electrons. The van der Waals surface area contributed by atoms with Crippen molar-refractivity contribution in [3.05, 3.63) is 54.3 Å². The van der Waals surface area contributed by atoms with Crippen molar-refractivity contribution in [1.82, 2.24) is 4.90 Å². The zero-order chi connectivity index (χ0) is 15.6. The molecule has 2 aliphatic rings. The maximum Gasteiger partial charge on any atom is 0.0385 e. The summed E-state index contributed by atoms with van der Waals surface area (Å²) in [4.78, 5) is 2.56. The average molecular weight is 296 g/mol. The minimum absolute atomic E-state index is 0.142. The Labute approximate surface area is 134 Å². The molecule has 3 rings (SSSR count). The van der Waals surface area contributed by atoms with Gasteiger partial charge >= 0.3 is 0 Å². The first-order valence-corrected chi connectivity index (χ1v) is 8.54. The Morgan fingerprint density at radius 3 is 2.55 bits per heavy atom. The van der Waals surface area contributed by atoms with Crippen LogP contribution in [-0.4, -0.2) is 18.0 Å². The highest BCUT2D eigenvalue weighted by Gasteiger charge is 2.46. The van der Waals surface area contributed by atoms with Crippen LogP contribution in [0, 0.1) is 5.41 Å². The molecule has 1 saturated carbocycles. The SMILES string of the molecule is C=C(C)C1(C(=C)Nc2cccc(CN3CCCCC3)c2)CC1. The van der Waals surface area contributed by atoms with E-state index in [1.165, 1.54) is 56.3 Å². The number of allylic oxidation sites excluding steroid dienone is 1. The van der Waals surface area contributed by atoms with Gasteiger partial charge in [-0.2, -0.15) is 0 Å². The predicted octanol–water partition coefficient (Wildman–Crippen LogP) is 4.95. The Balaban J connectivity index is 1.64. The van der Waals surface area contributed by atoms with E-state index in [0.717, 1.165) is 17.9 Å². The molecule has 0 aromatic heterocycles. The number of rotatable bonds is 6. The van der Waals surface area contributed by atoms with Crippen LogP contribution in [0.4, 0.5) is 5.69 Å². The van der Waals surface area contributed by atoms with E-state index in [-0.39, 0.29) is 5.41 Å². The summed E-state index contributed by atoms with van der Waals surface area (Å²) in [5.41, 5.74) is 5.03. The lowest BCUT2D eigenvalue weighted by Crippen LogP contribution is -2.29. The number of nitrogens with zero attached hydrogens (tertiary/aromatic N) is 1. The number of nitrogens with one attached hydrogen (secondary N) is 1. The molecule has 1 saturated heterocycles. The fourth-order valence-electron chi connectivity index (χ4n) is 3.53. The first-order valence-electron chi connectivity index (χ1n) is 8.54. The fourth-order valence-corrected chi connectivity index (χ4v) is 3.53. The Morgan fingerprint density at radius 1 is 1.18 bits per heavy atom. The van der Waals surface area contributed by atoms with Gasteiger partial charge in [0.25, 0.3) is 0 Å². The molecule has 0 atom stereocenters. The Hall–Kier alpha value is -1.54. The number of benzene rings is 1. The molecule has 118 valence electrons. The van der Waals surface area contributed by atoms with Crippen LogP contribution in [0.3, 0.4) is 0 Å². The van der Waals surface area contributed by atoms with Gasteiger partial charge in [-0.25, -0.2) is 0 Å². The monoisotopic (exact) mass is 296 g/mol. The zero-order valence-electron chi connectivity index (χ0n) is 13.8. The van der Waals surface area contributed by atoms with E-state index in [1.807, 2.05) is 0 Å². The van der Waals surface area contributed by atoms with Crippen LogP contribution in [-0.2, 0) is 6.54 Å². The summed E-state index contributed by atoms with van der Waals surface area (Å²) in [6.07, 6.45) is 6.44. The largest absolute Gasteiger partial charge is 0.359 e. The second-order valence-corrected chi connectivity index (χ2v) is 7.00. The molecule has 0 amide bonds. The third-order valence-corrected chi connectivity index (χ3v) is 5.22. The standard InChI is InChI=1S/C20H28N2/c1-16(2)20(10-11-20)17(3)21-19-9-7-8-18(14-19)15-22-12-5-4-6-13-22/h7-9,14,21H,1,3-6,10-13,15H2,2H3. The van der Waals surface area contributed by atoms with Gasteiger partial charge in [0.05, 0.1) is 0 Å². The molecule has 2 fully saturated rings. The van der Waals surface area contributed by atoms with E-state index >= 15 is 0 Å². The molecule has 1 aliphatic carbocycles. The number of piperidine rings is 1. The second kappa shape index (κ2) is 6.29. The molecular formula is C20H28N2. The first-order chi connectivity index (χ1) is 10.6. The summed E-state index contributed by atoms with van der Waals surface area (Å²) in [5, 5.41) is 3.53. The van der Waals surface area contributed by atoms with Crippen LogP contribution >= 0.6 is 0 Å². The van der Waals surface area contributed by atoms with E-state index < -0.39 is 0 Å². The topological polar surface area (TPSA) is 15.3 Å². The summed E-state index contributed by atoms with van der Waals surface area (Å²) in [6.45, 7) is 14.1. The van der Waals surface area contributed by atoms with E-state index in [0.29, 0.717) is 0 Å². The van der Waals surface area contributed by atoms with E-state index in [1.54, 1.807) is 0 Å². The van der Waals surface area contributed by atoms with Crippen molar-refractivity contribution in [2.75, 3.05) is 18.4 Å². The second-order valence-electron chi connectivity index (χ2n) is 7.00. The molecule has 2 heteroatoms. The van der Waals surface area contributed by atoms with Gasteiger partial charge in [0.2, 0.25) is 0 Å². The average Bonchev–Trinajstić information content (AvgIpc) is 3.30. The minimum atomic E-state index is 0.142. The minimum Gasteiger partial charge on any atom is -0.359 e. The van der Waals surface area contributed by atoms with Crippen LogP contribution < -0.4 is 5.32 Å². The highest BCUT2D eigenvalue weighted by molar-refractivity contribution is 5.53.